The largest absolute Gasteiger partial charge is 0.464 e. The van der Waals surface area contributed by atoms with Gasteiger partial charge in [-0.15, -0.1) is 0 Å². The summed E-state index contributed by atoms with van der Waals surface area (Å²) in [7, 11) is 0. The maximum atomic E-state index is 12.5. The van der Waals surface area contributed by atoms with E-state index in [0.717, 1.165) is 12.1 Å². The van der Waals surface area contributed by atoms with Crippen LogP contribution in [0.25, 0.3) is 0 Å². The van der Waals surface area contributed by atoms with Gasteiger partial charge in [0.25, 0.3) is 0 Å². The predicted molar refractivity (Wildman–Crippen MR) is 62.7 cm³/mol. The van der Waals surface area contributed by atoms with E-state index in [0.29, 0.717) is 6.42 Å². The number of esters is 1. The average Bonchev–Trinajstić information content (AvgIpc) is 2.74. The predicted octanol–water partition coefficient (Wildman–Crippen LogP) is 1.68. The van der Waals surface area contributed by atoms with E-state index >= 15 is 0 Å². The number of hydrogen-bond acceptors (Lipinski definition) is 3. The third-order valence-electron chi connectivity index (χ3n) is 2.89. The van der Waals surface area contributed by atoms with Crippen molar-refractivity contribution in [3.05, 3.63) is 35.4 Å². The van der Waals surface area contributed by atoms with Gasteiger partial charge >= 0.3 is 12.1 Å². The van der Waals surface area contributed by atoms with Crippen LogP contribution in [0.15, 0.2) is 24.3 Å². The fourth-order valence-electron chi connectivity index (χ4n) is 1.92. The average molecular weight is 287 g/mol. The van der Waals surface area contributed by atoms with Crippen molar-refractivity contribution in [2.75, 3.05) is 6.61 Å². The van der Waals surface area contributed by atoms with Crippen molar-refractivity contribution < 1.29 is 27.5 Å². The summed E-state index contributed by atoms with van der Waals surface area (Å²) in [4.78, 5) is 22.8. The second-order valence-electron chi connectivity index (χ2n) is 4.45. The van der Waals surface area contributed by atoms with Crippen LogP contribution in [-0.2, 0) is 26.9 Å². The van der Waals surface area contributed by atoms with Crippen molar-refractivity contribution in [2.24, 2.45) is 0 Å². The molecule has 0 radical (unpaired) electrons. The molecule has 1 aromatic rings. The fourth-order valence-corrected chi connectivity index (χ4v) is 1.92. The minimum atomic E-state index is -4.44. The Morgan fingerprint density at radius 3 is 2.75 bits per heavy atom. The van der Waals surface area contributed by atoms with Gasteiger partial charge in [-0.05, 0) is 11.6 Å². The number of nitrogens with one attached hydrogen (secondary N) is 1. The first-order chi connectivity index (χ1) is 9.36. The van der Waals surface area contributed by atoms with E-state index in [2.05, 4.69) is 10.1 Å². The van der Waals surface area contributed by atoms with Gasteiger partial charge in [-0.3, -0.25) is 4.79 Å². The zero-order valence-corrected chi connectivity index (χ0v) is 10.4. The maximum Gasteiger partial charge on any atom is 0.416 e. The summed E-state index contributed by atoms with van der Waals surface area (Å²) in [6, 6.07) is 3.84. The third kappa shape index (κ3) is 3.49. The van der Waals surface area contributed by atoms with Crippen molar-refractivity contribution in [1.29, 1.82) is 0 Å². The number of rotatable bonds is 3. The van der Waals surface area contributed by atoms with Gasteiger partial charge in [0.15, 0.2) is 0 Å². The summed E-state index contributed by atoms with van der Waals surface area (Å²) < 4.78 is 42.2. The van der Waals surface area contributed by atoms with E-state index in [4.69, 9.17) is 0 Å². The molecule has 0 spiro atoms. The van der Waals surface area contributed by atoms with E-state index < -0.39 is 29.7 Å². The number of alkyl halides is 3. The van der Waals surface area contributed by atoms with E-state index in [9.17, 15) is 22.8 Å². The first-order valence-electron chi connectivity index (χ1n) is 5.98. The Morgan fingerprint density at radius 2 is 2.15 bits per heavy atom. The molecule has 1 heterocycles. The van der Waals surface area contributed by atoms with Crippen molar-refractivity contribution in [1.82, 2.24) is 5.32 Å². The summed E-state index contributed by atoms with van der Waals surface area (Å²) in [6.45, 7) is 0.243. The molecule has 0 aromatic heterocycles. The van der Waals surface area contributed by atoms with Crippen LogP contribution < -0.4 is 5.32 Å². The Labute approximate surface area is 112 Å². The van der Waals surface area contributed by atoms with Crippen molar-refractivity contribution >= 4 is 11.9 Å². The first-order valence-corrected chi connectivity index (χ1v) is 5.98. The van der Waals surface area contributed by atoms with Gasteiger partial charge in [0.2, 0.25) is 5.91 Å². The highest BCUT2D eigenvalue weighted by atomic mass is 19.4. The van der Waals surface area contributed by atoms with Gasteiger partial charge in [0.1, 0.15) is 6.04 Å². The van der Waals surface area contributed by atoms with Crippen LogP contribution in [0, 0.1) is 0 Å². The molecule has 108 valence electrons. The molecule has 1 atom stereocenters. The lowest BCUT2D eigenvalue weighted by Gasteiger charge is -2.10. The smallest absolute Gasteiger partial charge is 0.416 e. The molecule has 1 aromatic carbocycles. The summed E-state index contributed by atoms with van der Waals surface area (Å²) in [6.07, 6.45) is -4.28. The molecular weight excluding hydrogens is 275 g/mol. The van der Waals surface area contributed by atoms with E-state index in [1.165, 1.54) is 12.1 Å². The molecule has 1 fully saturated rings. The van der Waals surface area contributed by atoms with Gasteiger partial charge in [0, 0.05) is 6.42 Å². The molecule has 1 N–H and O–H groups in total. The van der Waals surface area contributed by atoms with Gasteiger partial charge in [-0.1, -0.05) is 18.2 Å². The molecule has 1 aliphatic rings. The van der Waals surface area contributed by atoms with Gasteiger partial charge in [0.05, 0.1) is 18.6 Å². The van der Waals surface area contributed by atoms with Crippen LogP contribution in [-0.4, -0.2) is 24.5 Å². The Kier molecular flexibility index (Phi) is 3.96. The van der Waals surface area contributed by atoms with Gasteiger partial charge in [-0.2, -0.15) is 13.2 Å². The zero-order valence-electron chi connectivity index (χ0n) is 10.4. The number of hydrogen-bond donors (Lipinski definition) is 1. The molecular formula is C13H12F3NO3. The molecule has 1 aliphatic heterocycles. The number of benzene rings is 1. The minimum absolute atomic E-state index is 0.215. The second kappa shape index (κ2) is 5.52. The lowest BCUT2D eigenvalue weighted by molar-refractivity contribution is -0.141. The molecule has 4 nitrogen and oxygen atoms in total. The molecule has 0 saturated carbocycles. The zero-order chi connectivity index (χ0) is 14.8. The number of cyclic esters (lactones) is 1. The molecule has 2 rings (SSSR count). The highest BCUT2D eigenvalue weighted by Gasteiger charge is 2.31. The number of amides is 1. The molecule has 1 saturated heterocycles. The summed E-state index contributed by atoms with van der Waals surface area (Å²) >= 11 is 0. The number of ether oxygens (including phenoxy) is 1. The number of carbonyl (C=O) groups excluding carboxylic acids is 2. The fraction of sp³-hybridized carbons (Fsp3) is 0.385. The van der Waals surface area contributed by atoms with Gasteiger partial charge in [-0.25, -0.2) is 4.79 Å². The summed E-state index contributed by atoms with van der Waals surface area (Å²) in [5.41, 5.74) is -0.563. The molecule has 0 aliphatic carbocycles. The Hall–Kier alpha value is -2.05. The van der Waals surface area contributed by atoms with Gasteiger partial charge < -0.3 is 10.1 Å². The quantitative estimate of drug-likeness (QED) is 0.861. The van der Waals surface area contributed by atoms with Crippen molar-refractivity contribution in [3.63, 3.8) is 0 Å². The van der Waals surface area contributed by atoms with Crippen LogP contribution in [0.5, 0.6) is 0 Å². The van der Waals surface area contributed by atoms with E-state index in [1.807, 2.05) is 0 Å². The van der Waals surface area contributed by atoms with E-state index in [1.54, 1.807) is 0 Å². The molecule has 0 bridgehead atoms. The lowest BCUT2D eigenvalue weighted by Crippen LogP contribution is -2.38. The Bertz CT molecular complexity index is 528. The Morgan fingerprint density at radius 1 is 1.40 bits per heavy atom. The third-order valence-corrected chi connectivity index (χ3v) is 2.89. The highest BCUT2D eigenvalue weighted by molar-refractivity contribution is 5.86. The standard InChI is InChI=1S/C13H12F3NO3/c14-13(15,16)9-3-1-2-8(6-9)7-11(18)17-10-4-5-20-12(10)19/h1-3,6,10H,4-5,7H2,(H,17,18). The SMILES string of the molecule is O=C(Cc1cccc(C(F)(F)F)c1)NC1CCOC1=O. The normalized spacial score (nSPS) is 18.8. The maximum absolute atomic E-state index is 12.5. The molecule has 1 amide bonds. The summed E-state index contributed by atoms with van der Waals surface area (Å²) in [5, 5.41) is 2.44. The van der Waals surface area contributed by atoms with E-state index in [-0.39, 0.29) is 18.6 Å². The van der Waals surface area contributed by atoms with Crippen molar-refractivity contribution in [2.45, 2.75) is 25.1 Å². The first kappa shape index (κ1) is 14.4. The Balaban J connectivity index is 1.99. The van der Waals surface area contributed by atoms with Crippen LogP contribution >= 0.6 is 0 Å². The highest BCUT2D eigenvalue weighted by Crippen LogP contribution is 2.29. The number of halogens is 3. The lowest BCUT2D eigenvalue weighted by atomic mass is 10.1. The topological polar surface area (TPSA) is 55.4 Å². The molecule has 20 heavy (non-hydrogen) atoms. The second-order valence-corrected chi connectivity index (χ2v) is 4.45. The minimum Gasteiger partial charge on any atom is -0.464 e. The van der Waals surface area contributed by atoms with Crippen LogP contribution in [0.4, 0.5) is 13.2 Å². The summed E-state index contributed by atoms with van der Waals surface area (Å²) in [5.74, 6) is -1.02. The number of carbonyl (C=O) groups is 2. The van der Waals surface area contributed by atoms with Crippen LogP contribution in [0.1, 0.15) is 17.5 Å². The van der Waals surface area contributed by atoms with Crippen molar-refractivity contribution in [3.8, 4) is 0 Å². The molecule has 1 unspecified atom stereocenters. The van der Waals surface area contributed by atoms with Crippen LogP contribution in [0.3, 0.4) is 0 Å². The van der Waals surface area contributed by atoms with Crippen LogP contribution in [0.2, 0.25) is 0 Å². The molecule has 7 heteroatoms. The monoisotopic (exact) mass is 287 g/mol.